The topological polar surface area (TPSA) is 38.9 Å². The number of hydrogen-bond donors (Lipinski definition) is 0. The standard InChI is InChI=1S/C47H44N2O/c1-28-14-17-37-36-12-9-13-38(44(36)50-45(37)49-28)43-26-39(42(27-48-43)46(2,3)4)31-16-19-35-34-18-15-30(29-20-22-47(5,6)23-21-29)24-40(34)32-10-7-8-11-33(32)41(35)25-31/h7-19,24-27,29H,20-23H2,1-6H3/i1D3,29D. The molecule has 50 heavy (non-hydrogen) atoms. The molecule has 3 aromatic heterocycles. The van der Waals surface area contributed by atoms with Gasteiger partial charge in [-0.2, -0.15) is 0 Å². The van der Waals surface area contributed by atoms with Crippen LogP contribution in [-0.4, -0.2) is 9.97 Å². The van der Waals surface area contributed by atoms with Crippen LogP contribution in [0.1, 0.15) is 88.5 Å². The van der Waals surface area contributed by atoms with Crippen LogP contribution in [0.5, 0.6) is 0 Å². The highest BCUT2D eigenvalue weighted by molar-refractivity contribution is 6.26. The van der Waals surface area contributed by atoms with E-state index in [1.54, 1.807) is 12.1 Å². The van der Waals surface area contributed by atoms with Crippen LogP contribution < -0.4 is 0 Å². The second-order valence-corrected chi connectivity index (χ2v) is 16.0. The van der Waals surface area contributed by atoms with E-state index < -0.39 is 12.7 Å². The zero-order valence-electron chi connectivity index (χ0n) is 33.4. The average molecular weight is 657 g/mol. The molecule has 5 aromatic carbocycles. The summed E-state index contributed by atoms with van der Waals surface area (Å²) in [6.07, 6.45) is 5.91. The van der Waals surface area contributed by atoms with Gasteiger partial charge in [-0.3, -0.25) is 4.98 Å². The molecule has 0 atom stereocenters. The molecule has 3 nitrogen and oxygen atoms in total. The fourth-order valence-electron chi connectivity index (χ4n) is 8.18. The fraction of sp³-hybridized carbons (Fsp3) is 0.277. The Bertz CT molecular complexity index is 2780. The van der Waals surface area contributed by atoms with E-state index in [0.717, 1.165) is 70.0 Å². The van der Waals surface area contributed by atoms with Gasteiger partial charge in [-0.1, -0.05) is 101 Å². The normalized spacial score (nSPS) is 17.6. The predicted molar refractivity (Wildman–Crippen MR) is 211 cm³/mol. The molecule has 3 heteroatoms. The Balaban J connectivity index is 1.21. The number of pyridine rings is 2. The third kappa shape index (κ3) is 5.09. The molecule has 0 aliphatic heterocycles. The molecule has 8 aromatic rings. The van der Waals surface area contributed by atoms with E-state index in [0.29, 0.717) is 16.7 Å². The summed E-state index contributed by atoms with van der Waals surface area (Å²) in [5.74, 6) is -0.560. The third-order valence-corrected chi connectivity index (χ3v) is 11.1. The van der Waals surface area contributed by atoms with Gasteiger partial charge in [0.25, 0.3) is 0 Å². The molecule has 0 spiro atoms. The van der Waals surface area contributed by atoms with E-state index in [2.05, 4.69) is 106 Å². The van der Waals surface area contributed by atoms with Gasteiger partial charge in [0.1, 0.15) is 5.58 Å². The van der Waals surface area contributed by atoms with Crippen LogP contribution in [0.15, 0.2) is 108 Å². The molecule has 0 N–H and O–H groups in total. The molecule has 0 radical (unpaired) electrons. The summed E-state index contributed by atoms with van der Waals surface area (Å²) < 4.78 is 39.4. The number of aromatic nitrogens is 2. The van der Waals surface area contributed by atoms with Crippen molar-refractivity contribution >= 4 is 54.4 Å². The molecule has 248 valence electrons. The van der Waals surface area contributed by atoms with Crippen LogP contribution in [0.2, 0.25) is 0 Å². The highest BCUT2D eigenvalue weighted by Gasteiger charge is 2.28. The van der Waals surface area contributed by atoms with Gasteiger partial charge in [0.05, 0.1) is 5.69 Å². The highest BCUT2D eigenvalue weighted by atomic mass is 16.3. The van der Waals surface area contributed by atoms with Crippen LogP contribution in [-0.2, 0) is 5.41 Å². The van der Waals surface area contributed by atoms with Gasteiger partial charge in [-0.05, 0) is 134 Å². The lowest BCUT2D eigenvalue weighted by Crippen LogP contribution is -2.20. The summed E-state index contributed by atoms with van der Waals surface area (Å²) >= 11 is 0. The quantitative estimate of drug-likeness (QED) is 0.178. The van der Waals surface area contributed by atoms with Crippen LogP contribution in [0.25, 0.3) is 76.8 Å². The molecule has 0 saturated heterocycles. The maximum Gasteiger partial charge on any atom is 0.227 e. The van der Waals surface area contributed by atoms with E-state index in [4.69, 9.17) is 13.5 Å². The Hall–Kier alpha value is -5.02. The summed E-state index contributed by atoms with van der Waals surface area (Å²) in [6.45, 7) is 8.99. The minimum Gasteiger partial charge on any atom is -0.437 e. The van der Waals surface area contributed by atoms with E-state index in [9.17, 15) is 1.37 Å². The van der Waals surface area contributed by atoms with E-state index in [1.807, 2.05) is 24.4 Å². The second kappa shape index (κ2) is 11.3. The van der Waals surface area contributed by atoms with E-state index in [1.165, 1.54) is 32.3 Å². The third-order valence-electron chi connectivity index (χ3n) is 11.1. The summed E-state index contributed by atoms with van der Waals surface area (Å²) in [5, 5.41) is 8.85. The average Bonchev–Trinajstić information content (AvgIpc) is 3.53. The molecule has 9 rings (SSSR count). The van der Waals surface area contributed by atoms with Gasteiger partial charge in [0, 0.05) is 33.7 Å². The zero-order chi connectivity index (χ0) is 37.8. The Morgan fingerprint density at radius 1 is 0.720 bits per heavy atom. The van der Waals surface area contributed by atoms with Crippen molar-refractivity contribution < 1.29 is 9.90 Å². The molecule has 0 amide bonds. The number of benzene rings is 5. The number of nitrogens with zero attached hydrogens (tertiary/aromatic N) is 2. The van der Waals surface area contributed by atoms with Gasteiger partial charge in [0.2, 0.25) is 5.71 Å². The Morgan fingerprint density at radius 3 is 2.14 bits per heavy atom. The van der Waals surface area contributed by atoms with Crippen molar-refractivity contribution in [1.29, 1.82) is 0 Å². The van der Waals surface area contributed by atoms with Crippen molar-refractivity contribution in [1.82, 2.24) is 9.97 Å². The lowest BCUT2D eigenvalue weighted by molar-refractivity contribution is 0.224. The fourth-order valence-corrected chi connectivity index (χ4v) is 8.18. The van der Waals surface area contributed by atoms with Crippen LogP contribution in [0.3, 0.4) is 0 Å². The predicted octanol–water partition coefficient (Wildman–Crippen LogP) is 13.5. The van der Waals surface area contributed by atoms with E-state index >= 15 is 0 Å². The highest BCUT2D eigenvalue weighted by Crippen LogP contribution is 2.45. The SMILES string of the molecule is [2H]C([2H])([2H])c1ccc2c(n1)oc1c(-c3cc(-c4ccc5c6ccc(C7([2H])CCC(C)(C)CC7)cc6c6ccccc6c5c4)c(C(C)(C)C)cn3)cccc12. The minimum atomic E-state index is -2.33. The first-order valence-electron chi connectivity index (χ1n) is 19.8. The number of furan rings is 1. The lowest BCUT2D eigenvalue weighted by atomic mass is 9.71. The molecule has 1 saturated carbocycles. The van der Waals surface area contributed by atoms with Crippen molar-refractivity contribution in [3.63, 3.8) is 0 Å². The molecular weight excluding hydrogens is 609 g/mol. The van der Waals surface area contributed by atoms with Gasteiger partial charge >= 0.3 is 0 Å². The molecule has 0 bridgehead atoms. The van der Waals surface area contributed by atoms with Gasteiger partial charge in [-0.15, -0.1) is 0 Å². The van der Waals surface area contributed by atoms with E-state index in [-0.39, 0.29) is 11.1 Å². The van der Waals surface area contributed by atoms with Gasteiger partial charge in [0.15, 0.2) is 0 Å². The summed E-state index contributed by atoms with van der Waals surface area (Å²) in [7, 11) is 0. The number of aryl methyl sites for hydroxylation is 1. The number of hydrogen-bond acceptors (Lipinski definition) is 3. The van der Waals surface area contributed by atoms with Crippen molar-refractivity contribution in [2.24, 2.45) is 5.41 Å². The number of fused-ring (bicyclic) bond motifs is 9. The Kier molecular flexibility index (Phi) is 6.03. The lowest BCUT2D eigenvalue weighted by Gasteiger charge is -2.34. The van der Waals surface area contributed by atoms with Crippen molar-refractivity contribution in [2.75, 3.05) is 0 Å². The monoisotopic (exact) mass is 656 g/mol. The first kappa shape index (κ1) is 26.8. The van der Waals surface area contributed by atoms with Gasteiger partial charge < -0.3 is 4.42 Å². The van der Waals surface area contributed by atoms with Crippen LogP contribution >= 0.6 is 0 Å². The Labute approximate surface area is 300 Å². The molecule has 0 unspecified atom stereocenters. The second-order valence-electron chi connectivity index (χ2n) is 16.0. The largest absolute Gasteiger partial charge is 0.437 e. The molecule has 1 aliphatic rings. The maximum absolute atomic E-state index is 9.53. The molecule has 1 aliphatic carbocycles. The smallest absolute Gasteiger partial charge is 0.227 e. The summed E-state index contributed by atoms with van der Waals surface area (Å²) in [6, 6.07) is 33.8. The van der Waals surface area contributed by atoms with Crippen LogP contribution in [0, 0.1) is 12.3 Å². The maximum atomic E-state index is 9.53. The van der Waals surface area contributed by atoms with Gasteiger partial charge in [-0.25, -0.2) is 4.98 Å². The molecule has 1 fully saturated rings. The van der Waals surface area contributed by atoms with Crippen molar-refractivity contribution in [3.05, 3.63) is 120 Å². The van der Waals surface area contributed by atoms with Crippen LogP contribution in [0.4, 0.5) is 0 Å². The minimum absolute atomic E-state index is 0.0104. The Morgan fingerprint density at radius 2 is 1.40 bits per heavy atom. The number of rotatable bonds is 3. The van der Waals surface area contributed by atoms with Crippen molar-refractivity contribution in [2.45, 2.75) is 78.5 Å². The number of para-hydroxylation sites is 1. The molecule has 3 heterocycles. The first-order chi connectivity index (χ1) is 25.6. The first-order valence-corrected chi connectivity index (χ1v) is 17.8. The van der Waals surface area contributed by atoms with Crippen molar-refractivity contribution in [3.8, 4) is 22.4 Å². The summed E-state index contributed by atoms with van der Waals surface area (Å²) in [5.41, 5.74) is 7.12. The molecular formula is C47H44N2O. The summed E-state index contributed by atoms with van der Waals surface area (Å²) in [4.78, 5) is 9.39. The zero-order valence-corrected chi connectivity index (χ0v) is 29.4.